The van der Waals surface area contributed by atoms with Gasteiger partial charge < -0.3 is 14.1 Å². The SMILES string of the molecule is CC1(C)c2ccccc2N2CCOC21/C=C/c1ccco1. The summed E-state index contributed by atoms with van der Waals surface area (Å²) in [6.45, 7) is 6.18. The maximum atomic E-state index is 6.26. The lowest BCUT2D eigenvalue weighted by atomic mass is 9.77. The third-order valence-electron chi connectivity index (χ3n) is 4.82. The van der Waals surface area contributed by atoms with E-state index in [2.05, 4.69) is 49.1 Å². The number of nitrogens with zero attached hydrogens (tertiary/aromatic N) is 1. The van der Waals surface area contributed by atoms with Gasteiger partial charge in [-0.15, -0.1) is 0 Å². The van der Waals surface area contributed by atoms with Crippen molar-refractivity contribution in [1.29, 1.82) is 0 Å². The van der Waals surface area contributed by atoms with E-state index in [1.54, 1.807) is 6.26 Å². The first-order valence-corrected chi connectivity index (χ1v) is 7.39. The maximum absolute atomic E-state index is 6.26. The Labute approximate surface area is 124 Å². The van der Waals surface area contributed by atoms with Gasteiger partial charge in [-0.3, -0.25) is 0 Å². The molecule has 3 nitrogen and oxygen atoms in total. The smallest absolute Gasteiger partial charge is 0.170 e. The van der Waals surface area contributed by atoms with E-state index in [9.17, 15) is 0 Å². The van der Waals surface area contributed by atoms with Crippen LogP contribution < -0.4 is 4.90 Å². The van der Waals surface area contributed by atoms with Gasteiger partial charge in [-0.2, -0.15) is 0 Å². The van der Waals surface area contributed by atoms with Gasteiger partial charge >= 0.3 is 0 Å². The Balaban J connectivity index is 1.84. The molecule has 1 atom stereocenters. The van der Waals surface area contributed by atoms with E-state index in [1.165, 1.54) is 11.3 Å². The zero-order chi connectivity index (χ0) is 14.5. The van der Waals surface area contributed by atoms with Crippen LogP contribution in [0.3, 0.4) is 0 Å². The average Bonchev–Trinajstić information content (AvgIpc) is 3.17. The van der Waals surface area contributed by atoms with Crippen LogP contribution in [0.15, 0.2) is 53.2 Å². The monoisotopic (exact) mass is 281 g/mol. The van der Waals surface area contributed by atoms with Crippen LogP contribution >= 0.6 is 0 Å². The first-order chi connectivity index (χ1) is 10.2. The van der Waals surface area contributed by atoms with Crippen molar-refractivity contribution in [1.82, 2.24) is 0 Å². The quantitative estimate of drug-likeness (QED) is 0.837. The van der Waals surface area contributed by atoms with E-state index < -0.39 is 5.72 Å². The second-order valence-electron chi connectivity index (χ2n) is 6.19. The third-order valence-corrected chi connectivity index (χ3v) is 4.82. The molecule has 4 rings (SSSR count). The molecule has 3 heterocycles. The molecular formula is C18H19NO2. The Bertz CT molecular complexity index is 687. The Morgan fingerprint density at radius 3 is 2.81 bits per heavy atom. The van der Waals surface area contributed by atoms with Crippen LogP contribution in [-0.4, -0.2) is 18.9 Å². The summed E-state index contributed by atoms with van der Waals surface area (Å²) in [6.07, 6.45) is 5.87. The van der Waals surface area contributed by atoms with Gasteiger partial charge in [-0.05, 0) is 35.9 Å². The fourth-order valence-electron chi connectivity index (χ4n) is 3.71. The molecule has 1 aromatic carbocycles. The number of ether oxygens (including phenoxy) is 1. The summed E-state index contributed by atoms with van der Waals surface area (Å²) in [4.78, 5) is 2.38. The lowest BCUT2D eigenvalue weighted by molar-refractivity contribution is 0.000290. The van der Waals surface area contributed by atoms with Crippen LogP contribution in [0, 0.1) is 0 Å². The molecule has 1 aromatic heterocycles. The number of anilines is 1. The van der Waals surface area contributed by atoms with Gasteiger partial charge in [0.1, 0.15) is 5.76 Å². The van der Waals surface area contributed by atoms with Crippen LogP contribution in [0.1, 0.15) is 25.2 Å². The summed E-state index contributed by atoms with van der Waals surface area (Å²) in [5.74, 6) is 0.853. The van der Waals surface area contributed by atoms with E-state index in [1.807, 2.05) is 18.2 Å². The van der Waals surface area contributed by atoms with Crippen molar-refractivity contribution in [3.63, 3.8) is 0 Å². The van der Waals surface area contributed by atoms with Crippen molar-refractivity contribution in [2.24, 2.45) is 0 Å². The molecule has 3 heteroatoms. The summed E-state index contributed by atoms with van der Waals surface area (Å²) >= 11 is 0. The van der Waals surface area contributed by atoms with E-state index in [4.69, 9.17) is 9.15 Å². The lowest BCUT2D eigenvalue weighted by Crippen LogP contribution is -2.51. The summed E-state index contributed by atoms with van der Waals surface area (Å²) in [7, 11) is 0. The topological polar surface area (TPSA) is 25.6 Å². The highest BCUT2D eigenvalue weighted by Crippen LogP contribution is 2.54. The molecule has 2 aliphatic rings. The highest BCUT2D eigenvalue weighted by atomic mass is 16.5. The fraction of sp³-hybridized carbons (Fsp3) is 0.333. The van der Waals surface area contributed by atoms with Crippen molar-refractivity contribution in [3.05, 3.63) is 60.1 Å². The molecule has 0 aliphatic carbocycles. The minimum atomic E-state index is -0.427. The van der Waals surface area contributed by atoms with E-state index >= 15 is 0 Å². The number of fused-ring (bicyclic) bond motifs is 3. The predicted octanol–water partition coefficient (Wildman–Crippen LogP) is 3.82. The van der Waals surface area contributed by atoms with Crippen LogP contribution in [0.2, 0.25) is 0 Å². The van der Waals surface area contributed by atoms with Gasteiger partial charge in [0.25, 0.3) is 0 Å². The molecule has 108 valence electrons. The molecule has 0 amide bonds. The number of benzene rings is 1. The number of para-hydroxylation sites is 1. The van der Waals surface area contributed by atoms with E-state index in [0.717, 1.165) is 18.9 Å². The maximum Gasteiger partial charge on any atom is 0.170 e. The summed E-state index contributed by atoms with van der Waals surface area (Å²) in [6, 6.07) is 12.5. The molecular weight excluding hydrogens is 262 g/mol. The van der Waals surface area contributed by atoms with Crippen LogP contribution in [0.5, 0.6) is 0 Å². The standard InChI is InChI=1S/C18H19NO2/c1-17(2)15-7-3-4-8-16(15)19-11-13-21-18(17,19)10-9-14-6-5-12-20-14/h3-10,12H,11,13H2,1-2H3/b10-9+. The van der Waals surface area contributed by atoms with Crippen molar-refractivity contribution >= 4 is 11.8 Å². The highest BCUT2D eigenvalue weighted by molar-refractivity contribution is 5.69. The van der Waals surface area contributed by atoms with Crippen LogP contribution in [0.4, 0.5) is 5.69 Å². The molecule has 0 bridgehead atoms. The van der Waals surface area contributed by atoms with Gasteiger partial charge in [0.15, 0.2) is 5.72 Å². The Morgan fingerprint density at radius 1 is 1.14 bits per heavy atom. The highest BCUT2D eigenvalue weighted by Gasteiger charge is 2.58. The van der Waals surface area contributed by atoms with Crippen LogP contribution in [0.25, 0.3) is 6.08 Å². The number of rotatable bonds is 2. The number of furan rings is 1. The van der Waals surface area contributed by atoms with E-state index in [-0.39, 0.29) is 5.41 Å². The normalized spacial score (nSPS) is 26.3. The fourth-order valence-corrected chi connectivity index (χ4v) is 3.71. The molecule has 1 saturated heterocycles. The Hall–Kier alpha value is -2.00. The molecule has 2 aliphatic heterocycles. The summed E-state index contributed by atoms with van der Waals surface area (Å²) in [5, 5.41) is 0. The lowest BCUT2D eigenvalue weighted by Gasteiger charge is -2.39. The summed E-state index contributed by atoms with van der Waals surface area (Å²) in [5.41, 5.74) is 2.09. The molecule has 0 N–H and O–H groups in total. The second-order valence-corrected chi connectivity index (χ2v) is 6.19. The van der Waals surface area contributed by atoms with Gasteiger partial charge in [0.2, 0.25) is 0 Å². The first kappa shape index (κ1) is 12.7. The third kappa shape index (κ3) is 1.58. The zero-order valence-corrected chi connectivity index (χ0v) is 12.4. The zero-order valence-electron chi connectivity index (χ0n) is 12.4. The average molecular weight is 281 g/mol. The van der Waals surface area contributed by atoms with Crippen molar-refractivity contribution in [2.75, 3.05) is 18.1 Å². The molecule has 0 saturated carbocycles. The van der Waals surface area contributed by atoms with E-state index in [0.29, 0.717) is 0 Å². The predicted molar refractivity (Wildman–Crippen MR) is 83.2 cm³/mol. The number of hydrogen-bond acceptors (Lipinski definition) is 3. The molecule has 1 fully saturated rings. The molecule has 0 radical (unpaired) electrons. The minimum Gasteiger partial charge on any atom is -0.465 e. The van der Waals surface area contributed by atoms with Crippen molar-refractivity contribution < 1.29 is 9.15 Å². The van der Waals surface area contributed by atoms with Gasteiger partial charge in [-0.1, -0.05) is 32.0 Å². The molecule has 0 spiro atoms. The number of hydrogen-bond donors (Lipinski definition) is 0. The summed E-state index contributed by atoms with van der Waals surface area (Å²) < 4.78 is 11.7. The van der Waals surface area contributed by atoms with Gasteiger partial charge in [-0.25, -0.2) is 0 Å². The molecule has 1 unspecified atom stereocenters. The molecule has 21 heavy (non-hydrogen) atoms. The first-order valence-electron chi connectivity index (χ1n) is 7.39. The van der Waals surface area contributed by atoms with Crippen molar-refractivity contribution in [2.45, 2.75) is 25.0 Å². The molecule has 2 aromatic rings. The Kier molecular flexibility index (Phi) is 2.57. The van der Waals surface area contributed by atoms with Gasteiger partial charge in [0.05, 0.1) is 12.9 Å². The Morgan fingerprint density at radius 2 is 2.00 bits per heavy atom. The van der Waals surface area contributed by atoms with Gasteiger partial charge in [0, 0.05) is 17.6 Å². The second kappa shape index (κ2) is 4.25. The minimum absolute atomic E-state index is 0.108. The van der Waals surface area contributed by atoms with Crippen molar-refractivity contribution in [3.8, 4) is 0 Å². The van der Waals surface area contributed by atoms with Crippen LogP contribution in [-0.2, 0) is 10.2 Å². The largest absolute Gasteiger partial charge is 0.465 e.